The first-order valence-electron chi connectivity index (χ1n) is 5.85. The number of carbonyl (C=O) groups is 2. The van der Waals surface area contributed by atoms with Gasteiger partial charge in [0, 0.05) is 30.6 Å². The highest BCUT2D eigenvalue weighted by Crippen LogP contribution is 2.20. The standard InChI is InChI=1S/C14H12FN3O2/c1-9(19)17-13-8-11(2-3-12(13)15)18-14(20)10-4-6-16-7-5-10/h2-8H,1H3,(H,17,19)(H,18,20). The minimum absolute atomic E-state index is 0.0185. The molecule has 2 rings (SSSR count). The van der Waals surface area contributed by atoms with Crippen LogP contribution in [0.25, 0.3) is 0 Å². The molecule has 0 unspecified atom stereocenters. The van der Waals surface area contributed by atoms with Gasteiger partial charge in [0.05, 0.1) is 5.69 Å². The molecule has 0 aliphatic rings. The molecule has 0 aliphatic carbocycles. The topological polar surface area (TPSA) is 71.1 Å². The van der Waals surface area contributed by atoms with Gasteiger partial charge in [-0.2, -0.15) is 0 Å². The molecular weight excluding hydrogens is 261 g/mol. The number of benzene rings is 1. The number of carbonyl (C=O) groups excluding carboxylic acids is 2. The molecule has 2 N–H and O–H groups in total. The number of aromatic nitrogens is 1. The predicted molar refractivity (Wildman–Crippen MR) is 72.9 cm³/mol. The van der Waals surface area contributed by atoms with E-state index >= 15 is 0 Å². The number of rotatable bonds is 3. The Kier molecular flexibility index (Phi) is 4.05. The van der Waals surface area contributed by atoms with Gasteiger partial charge in [0.1, 0.15) is 5.82 Å². The van der Waals surface area contributed by atoms with Crippen molar-refractivity contribution in [2.45, 2.75) is 6.92 Å². The summed E-state index contributed by atoms with van der Waals surface area (Å²) in [4.78, 5) is 26.7. The van der Waals surface area contributed by atoms with E-state index in [2.05, 4.69) is 15.6 Å². The first-order chi connectivity index (χ1) is 9.56. The van der Waals surface area contributed by atoms with E-state index < -0.39 is 5.82 Å². The first kappa shape index (κ1) is 13.7. The summed E-state index contributed by atoms with van der Waals surface area (Å²) in [5, 5.41) is 4.97. The molecule has 0 bridgehead atoms. The van der Waals surface area contributed by atoms with Gasteiger partial charge in [0.2, 0.25) is 5.91 Å². The molecule has 6 heteroatoms. The largest absolute Gasteiger partial charge is 0.324 e. The summed E-state index contributed by atoms with van der Waals surface area (Å²) < 4.78 is 13.5. The highest BCUT2D eigenvalue weighted by Gasteiger charge is 2.09. The Morgan fingerprint density at radius 1 is 1.10 bits per heavy atom. The second-order valence-electron chi connectivity index (χ2n) is 4.07. The van der Waals surface area contributed by atoms with Crippen molar-refractivity contribution < 1.29 is 14.0 Å². The van der Waals surface area contributed by atoms with Crippen LogP contribution in [0.5, 0.6) is 0 Å². The first-order valence-corrected chi connectivity index (χ1v) is 5.85. The summed E-state index contributed by atoms with van der Waals surface area (Å²) in [5.74, 6) is -1.29. The van der Waals surface area contributed by atoms with Crippen LogP contribution < -0.4 is 10.6 Å². The maximum absolute atomic E-state index is 13.5. The van der Waals surface area contributed by atoms with E-state index in [0.29, 0.717) is 11.3 Å². The molecular formula is C14H12FN3O2. The highest BCUT2D eigenvalue weighted by molar-refractivity contribution is 6.04. The lowest BCUT2D eigenvalue weighted by atomic mass is 10.2. The third kappa shape index (κ3) is 3.38. The summed E-state index contributed by atoms with van der Waals surface area (Å²) in [5.41, 5.74) is 0.840. The van der Waals surface area contributed by atoms with Crippen molar-refractivity contribution in [3.63, 3.8) is 0 Å². The van der Waals surface area contributed by atoms with Crippen LogP contribution in [-0.2, 0) is 4.79 Å². The van der Waals surface area contributed by atoms with Gasteiger partial charge in [-0.3, -0.25) is 14.6 Å². The molecule has 0 spiro atoms. The molecule has 20 heavy (non-hydrogen) atoms. The van der Waals surface area contributed by atoms with Crippen LogP contribution in [0.4, 0.5) is 15.8 Å². The molecule has 1 heterocycles. The molecule has 2 amide bonds. The number of hydrogen-bond donors (Lipinski definition) is 2. The van der Waals surface area contributed by atoms with Crippen LogP contribution in [0.15, 0.2) is 42.7 Å². The zero-order valence-corrected chi connectivity index (χ0v) is 10.7. The average Bonchev–Trinajstić information content (AvgIpc) is 2.43. The van der Waals surface area contributed by atoms with Gasteiger partial charge in [0.15, 0.2) is 0 Å². The molecule has 102 valence electrons. The number of nitrogens with one attached hydrogen (secondary N) is 2. The SMILES string of the molecule is CC(=O)Nc1cc(NC(=O)c2ccncc2)ccc1F. The van der Waals surface area contributed by atoms with Gasteiger partial charge in [-0.25, -0.2) is 4.39 Å². The van der Waals surface area contributed by atoms with Crippen molar-refractivity contribution in [1.82, 2.24) is 4.98 Å². The predicted octanol–water partition coefficient (Wildman–Crippen LogP) is 2.43. The lowest BCUT2D eigenvalue weighted by Gasteiger charge is -2.08. The van der Waals surface area contributed by atoms with Crippen molar-refractivity contribution in [3.8, 4) is 0 Å². The minimum Gasteiger partial charge on any atom is -0.324 e. The zero-order chi connectivity index (χ0) is 14.5. The van der Waals surface area contributed by atoms with E-state index in [4.69, 9.17) is 0 Å². The highest BCUT2D eigenvalue weighted by atomic mass is 19.1. The fraction of sp³-hybridized carbons (Fsp3) is 0.0714. The van der Waals surface area contributed by atoms with Crippen molar-refractivity contribution in [2.24, 2.45) is 0 Å². The average molecular weight is 273 g/mol. The summed E-state index contributed by atoms with van der Waals surface area (Å²) in [6.45, 7) is 1.28. The Morgan fingerprint density at radius 2 is 1.80 bits per heavy atom. The molecule has 0 radical (unpaired) electrons. The lowest BCUT2D eigenvalue weighted by Crippen LogP contribution is -2.13. The molecule has 5 nitrogen and oxygen atoms in total. The van der Waals surface area contributed by atoms with Gasteiger partial charge in [-0.1, -0.05) is 0 Å². The summed E-state index contributed by atoms with van der Waals surface area (Å²) in [6.07, 6.45) is 3.00. The van der Waals surface area contributed by atoms with E-state index in [9.17, 15) is 14.0 Å². The Labute approximate surface area is 114 Å². The molecule has 0 saturated heterocycles. The quantitative estimate of drug-likeness (QED) is 0.902. The van der Waals surface area contributed by atoms with Crippen LogP contribution in [0.3, 0.4) is 0 Å². The van der Waals surface area contributed by atoms with Crippen LogP contribution in [-0.4, -0.2) is 16.8 Å². The second-order valence-corrected chi connectivity index (χ2v) is 4.07. The van der Waals surface area contributed by atoms with E-state index in [1.54, 1.807) is 12.1 Å². The second kappa shape index (κ2) is 5.92. The number of halogens is 1. The van der Waals surface area contributed by atoms with Crippen molar-refractivity contribution >= 4 is 23.2 Å². The van der Waals surface area contributed by atoms with Crippen LogP contribution in [0, 0.1) is 5.82 Å². The smallest absolute Gasteiger partial charge is 0.255 e. The van der Waals surface area contributed by atoms with Crippen LogP contribution in [0.2, 0.25) is 0 Å². The number of amides is 2. The lowest BCUT2D eigenvalue weighted by molar-refractivity contribution is -0.114. The molecule has 0 saturated carbocycles. The Morgan fingerprint density at radius 3 is 2.45 bits per heavy atom. The maximum Gasteiger partial charge on any atom is 0.255 e. The van der Waals surface area contributed by atoms with E-state index in [0.717, 1.165) is 0 Å². The number of pyridine rings is 1. The van der Waals surface area contributed by atoms with Crippen LogP contribution in [0.1, 0.15) is 17.3 Å². The maximum atomic E-state index is 13.5. The summed E-state index contributed by atoms with van der Waals surface area (Å²) in [7, 11) is 0. The number of anilines is 2. The molecule has 0 atom stereocenters. The Balaban J connectivity index is 2.18. The van der Waals surface area contributed by atoms with Gasteiger partial charge < -0.3 is 10.6 Å². The Hall–Kier alpha value is -2.76. The minimum atomic E-state index is -0.567. The third-order valence-electron chi connectivity index (χ3n) is 2.48. The van der Waals surface area contributed by atoms with Gasteiger partial charge in [-0.05, 0) is 30.3 Å². The van der Waals surface area contributed by atoms with E-state index in [1.165, 1.54) is 37.5 Å². The van der Waals surface area contributed by atoms with Crippen molar-refractivity contribution in [1.29, 1.82) is 0 Å². The Bertz CT molecular complexity index is 644. The van der Waals surface area contributed by atoms with E-state index in [1.807, 2.05) is 0 Å². The monoisotopic (exact) mass is 273 g/mol. The van der Waals surface area contributed by atoms with Gasteiger partial charge in [0.25, 0.3) is 5.91 Å². The fourth-order valence-corrected chi connectivity index (χ4v) is 1.60. The third-order valence-corrected chi connectivity index (χ3v) is 2.48. The van der Waals surface area contributed by atoms with Crippen molar-refractivity contribution in [2.75, 3.05) is 10.6 Å². The van der Waals surface area contributed by atoms with Gasteiger partial charge >= 0.3 is 0 Å². The normalized spacial score (nSPS) is 9.90. The zero-order valence-electron chi connectivity index (χ0n) is 10.7. The molecule has 0 fully saturated rings. The number of hydrogen-bond acceptors (Lipinski definition) is 3. The molecule has 1 aromatic carbocycles. The molecule has 0 aliphatic heterocycles. The van der Waals surface area contributed by atoms with Crippen LogP contribution >= 0.6 is 0 Å². The van der Waals surface area contributed by atoms with Crippen molar-refractivity contribution in [3.05, 3.63) is 54.1 Å². The number of nitrogens with zero attached hydrogens (tertiary/aromatic N) is 1. The summed E-state index contributed by atoms with van der Waals surface area (Å²) in [6, 6.07) is 7.07. The van der Waals surface area contributed by atoms with Gasteiger partial charge in [-0.15, -0.1) is 0 Å². The van der Waals surface area contributed by atoms with E-state index in [-0.39, 0.29) is 17.5 Å². The molecule has 1 aromatic heterocycles. The summed E-state index contributed by atoms with van der Waals surface area (Å²) >= 11 is 0. The molecule has 2 aromatic rings. The fourth-order valence-electron chi connectivity index (χ4n) is 1.60.